The van der Waals surface area contributed by atoms with Gasteiger partial charge in [-0.25, -0.2) is 0 Å². The Morgan fingerprint density at radius 3 is 2.54 bits per heavy atom. The van der Waals surface area contributed by atoms with E-state index in [-0.39, 0.29) is 0 Å². The summed E-state index contributed by atoms with van der Waals surface area (Å²) < 4.78 is 0. The average molecular weight is 180 g/mol. The summed E-state index contributed by atoms with van der Waals surface area (Å²) in [6.45, 7) is 2.35. The van der Waals surface area contributed by atoms with Crippen LogP contribution in [0.3, 0.4) is 0 Å². The van der Waals surface area contributed by atoms with E-state index >= 15 is 0 Å². The molecule has 0 heteroatoms. The van der Waals surface area contributed by atoms with Gasteiger partial charge in [0.25, 0.3) is 0 Å². The van der Waals surface area contributed by atoms with Gasteiger partial charge in [-0.3, -0.25) is 0 Å². The Morgan fingerprint density at radius 1 is 0.923 bits per heavy atom. The lowest BCUT2D eigenvalue weighted by molar-refractivity contribution is 0.0975. The van der Waals surface area contributed by atoms with Crippen LogP contribution in [0, 0.1) is 17.8 Å². The van der Waals surface area contributed by atoms with Crippen LogP contribution in [0.5, 0.6) is 0 Å². The van der Waals surface area contributed by atoms with E-state index in [0.29, 0.717) is 0 Å². The zero-order valence-corrected chi connectivity index (χ0v) is 9.10. The first-order valence-corrected chi connectivity index (χ1v) is 6.42. The van der Waals surface area contributed by atoms with Crippen molar-refractivity contribution in [3.05, 3.63) is 0 Å². The van der Waals surface area contributed by atoms with Crippen molar-refractivity contribution in [3.8, 4) is 0 Å². The third-order valence-corrected chi connectivity index (χ3v) is 4.38. The third kappa shape index (κ3) is 2.08. The van der Waals surface area contributed by atoms with Gasteiger partial charge in [0.15, 0.2) is 0 Å². The first-order valence-electron chi connectivity index (χ1n) is 6.42. The molecular weight excluding hydrogens is 156 g/mol. The lowest BCUT2D eigenvalue weighted by Crippen LogP contribution is -2.30. The molecule has 0 aromatic heterocycles. The lowest BCUT2D eigenvalue weighted by Gasteiger charge is -2.41. The van der Waals surface area contributed by atoms with Crippen molar-refractivity contribution >= 4 is 0 Å². The van der Waals surface area contributed by atoms with E-state index in [4.69, 9.17) is 0 Å². The fraction of sp³-hybridized carbons (Fsp3) is 1.00. The smallest absolute Gasteiger partial charge is 0.0357 e. The largest absolute Gasteiger partial charge is 0.0654 e. The van der Waals surface area contributed by atoms with Gasteiger partial charge in [-0.15, -0.1) is 0 Å². The van der Waals surface area contributed by atoms with Gasteiger partial charge in [0, 0.05) is 0 Å². The summed E-state index contributed by atoms with van der Waals surface area (Å²) in [5.41, 5.74) is 0. The summed E-state index contributed by atoms with van der Waals surface area (Å²) in [5.74, 6) is 3.39. The molecule has 0 nitrogen and oxygen atoms in total. The average Bonchev–Trinajstić information content (AvgIpc) is 2.19. The molecule has 76 valence electrons. The van der Waals surface area contributed by atoms with Crippen molar-refractivity contribution in [2.45, 2.75) is 64.7 Å². The van der Waals surface area contributed by atoms with Gasteiger partial charge in [0.05, 0.1) is 0 Å². The number of hydrogen-bond donors (Lipinski definition) is 0. The van der Waals surface area contributed by atoms with Crippen LogP contribution >= 0.6 is 0 Å². The van der Waals surface area contributed by atoms with E-state index < -0.39 is 0 Å². The van der Waals surface area contributed by atoms with E-state index in [9.17, 15) is 0 Å². The first-order chi connectivity index (χ1) is 6.42. The van der Waals surface area contributed by atoms with E-state index in [0.717, 1.165) is 17.8 Å². The Bertz CT molecular complexity index is 146. The van der Waals surface area contributed by atoms with Crippen LogP contribution < -0.4 is 0 Å². The van der Waals surface area contributed by atoms with Crippen molar-refractivity contribution in [1.82, 2.24) is 0 Å². The summed E-state index contributed by atoms with van der Waals surface area (Å²) in [7, 11) is 0. The van der Waals surface area contributed by atoms with Gasteiger partial charge < -0.3 is 0 Å². The monoisotopic (exact) mass is 180 g/mol. The molecule has 0 radical (unpaired) electrons. The molecule has 0 bridgehead atoms. The van der Waals surface area contributed by atoms with Gasteiger partial charge in [0.2, 0.25) is 0 Å². The van der Waals surface area contributed by atoms with E-state index in [1.54, 1.807) is 25.7 Å². The molecule has 0 aromatic rings. The van der Waals surface area contributed by atoms with Crippen molar-refractivity contribution in [2.24, 2.45) is 17.8 Å². The number of rotatable bonds is 2. The molecule has 2 rings (SSSR count). The molecule has 3 atom stereocenters. The minimum absolute atomic E-state index is 1.11. The summed E-state index contributed by atoms with van der Waals surface area (Å²) in [6.07, 6.45) is 13.8. The highest BCUT2D eigenvalue weighted by Crippen LogP contribution is 2.45. The maximum atomic E-state index is 2.35. The van der Waals surface area contributed by atoms with Crippen LogP contribution in [0.4, 0.5) is 0 Å². The van der Waals surface area contributed by atoms with Crippen molar-refractivity contribution in [1.29, 1.82) is 0 Å². The molecule has 2 aliphatic rings. The fourth-order valence-electron chi connectivity index (χ4n) is 3.80. The van der Waals surface area contributed by atoms with Gasteiger partial charge >= 0.3 is 0 Å². The third-order valence-electron chi connectivity index (χ3n) is 4.38. The topological polar surface area (TPSA) is 0 Å². The van der Waals surface area contributed by atoms with Crippen LogP contribution in [0.25, 0.3) is 0 Å². The molecular formula is C13H24. The van der Waals surface area contributed by atoms with Crippen molar-refractivity contribution in [3.63, 3.8) is 0 Å². The molecule has 2 fully saturated rings. The minimum Gasteiger partial charge on any atom is -0.0654 e. The lowest BCUT2D eigenvalue weighted by atomic mass is 9.64. The Labute approximate surface area is 83.1 Å². The van der Waals surface area contributed by atoms with Gasteiger partial charge in [-0.1, -0.05) is 58.3 Å². The normalized spacial score (nSPS) is 39.9. The predicted octanol–water partition coefficient (Wildman–Crippen LogP) is 4.39. The van der Waals surface area contributed by atoms with E-state index in [1.807, 2.05) is 0 Å². The first kappa shape index (κ1) is 9.55. The molecule has 2 saturated carbocycles. The predicted molar refractivity (Wildman–Crippen MR) is 57.7 cm³/mol. The maximum absolute atomic E-state index is 2.35. The zero-order valence-electron chi connectivity index (χ0n) is 9.10. The highest BCUT2D eigenvalue weighted by Gasteiger charge is 2.33. The molecule has 0 aliphatic heterocycles. The van der Waals surface area contributed by atoms with Crippen LogP contribution in [0.2, 0.25) is 0 Å². The van der Waals surface area contributed by atoms with Gasteiger partial charge in [0.1, 0.15) is 0 Å². The molecule has 0 aromatic carbocycles. The van der Waals surface area contributed by atoms with Crippen LogP contribution in [-0.4, -0.2) is 0 Å². The van der Waals surface area contributed by atoms with Crippen LogP contribution in [0.15, 0.2) is 0 Å². The fourth-order valence-corrected chi connectivity index (χ4v) is 3.80. The quantitative estimate of drug-likeness (QED) is 0.591. The Morgan fingerprint density at radius 2 is 1.69 bits per heavy atom. The van der Waals surface area contributed by atoms with E-state index in [1.165, 1.54) is 32.1 Å². The van der Waals surface area contributed by atoms with Crippen molar-refractivity contribution < 1.29 is 0 Å². The Kier molecular flexibility index (Phi) is 3.29. The summed E-state index contributed by atoms with van der Waals surface area (Å²) in [5, 5.41) is 0. The second-order valence-corrected chi connectivity index (χ2v) is 5.19. The summed E-state index contributed by atoms with van der Waals surface area (Å²) >= 11 is 0. The van der Waals surface area contributed by atoms with Crippen LogP contribution in [0.1, 0.15) is 64.7 Å². The molecule has 13 heavy (non-hydrogen) atoms. The number of hydrogen-bond acceptors (Lipinski definition) is 0. The van der Waals surface area contributed by atoms with E-state index in [2.05, 4.69) is 6.92 Å². The Hall–Kier alpha value is 0. The molecule has 0 amide bonds. The maximum Gasteiger partial charge on any atom is -0.0357 e. The molecule has 2 aliphatic carbocycles. The number of fused-ring (bicyclic) bond motifs is 1. The van der Waals surface area contributed by atoms with Crippen LogP contribution in [-0.2, 0) is 0 Å². The minimum atomic E-state index is 1.11. The highest BCUT2D eigenvalue weighted by atomic mass is 14.4. The molecule has 0 unspecified atom stereocenters. The standard InChI is InChI=1S/C13H24/c1-2-6-11-8-5-9-12-7-3-4-10-13(11)12/h11-13H,2-10H2,1H3/t11-,12-,13-/m1/s1. The highest BCUT2D eigenvalue weighted by molar-refractivity contribution is 4.84. The SMILES string of the molecule is CCC[C@@H]1CCC[C@H]2CCCC[C@@H]21. The molecule has 0 N–H and O–H groups in total. The van der Waals surface area contributed by atoms with Gasteiger partial charge in [-0.05, 0) is 24.2 Å². The molecule has 0 saturated heterocycles. The van der Waals surface area contributed by atoms with Gasteiger partial charge in [-0.2, -0.15) is 0 Å². The second kappa shape index (κ2) is 4.48. The second-order valence-electron chi connectivity index (χ2n) is 5.19. The Balaban J connectivity index is 1.94. The molecule has 0 spiro atoms. The van der Waals surface area contributed by atoms with Crippen molar-refractivity contribution in [2.75, 3.05) is 0 Å². The summed E-state index contributed by atoms with van der Waals surface area (Å²) in [4.78, 5) is 0. The molecule has 0 heterocycles. The zero-order chi connectivity index (χ0) is 9.10. The summed E-state index contributed by atoms with van der Waals surface area (Å²) in [6, 6.07) is 0.